The second-order valence-corrected chi connectivity index (χ2v) is 6.55. The van der Waals surface area contributed by atoms with Gasteiger partial charge in [-0.1, -0.05) is 17.7 Å². The summed E-state index contributed by atoms with van der Waals surface area (Å²) >= 11 is 5.85. The fourth-order valence-corrected chi connectivity index (χ4v) is 3.39. The lowest BCUT2D eigenvalue weighted by molar-refractivity contribution is -0.0705. The van der Waals surface area contributed by atoms with Crippen LogP contribution in [0.3, 0.4) is 0 Å². The van der Waals surface area contributed by atoms with Gasteiger partial charge >= 0.3 is 0 Å². The van der Waals surface area contributed by atoms with Gasteiger partial charge in [-0.25, -0.2) is 4.39 Å². The lowest BCUT2D eigenvalue weighted by atomic mass is 10.1. The molecular weight excluding hydrogens is 331 g/mol. The van der Waals surface area contributed by atoms with E-state index in [9.17, 15) is 4.39 Å². The normalized spacial score (nSPS) is 22.7. The fourth-order valence-electron chi connectivity index (χ4n) is 3.24. The Morgan fingerprint density at radius 3 is 2.71 bits per heavy atom. The number of anilines is 1. The summed E-state index contributed by atoms with van der Waals surface area (Å²) in [6.07, 6.45) is 0. The van der Waals surface area contributed by atoms with Crippen molar-refractivity contribution in [3.05, 3.63) is 52.8 Å². The summed E-state index contributed by atoms with van der Waals surface area (Å²) in [7, 11) is 0. The maximum atomic E-state index is 14.4. The van der Waals surface area contributed by atoms with Gasteiger partial charge in [-0.3, -0.25) is 0 Å². The molecule has 0 radical (unpaired) electrons. The summed E-state index contributed by atoms with van der Waals surface area (Å²) in [5, 5.41) is 3.68. The van der Waals surface area contributed by atoms with E-state index in [1.165, 1.54) is 6.07 Å². The topological polar surface area (TPSA) is 33.7 Å². The van der Waals surface area contributed by atoms with Crippen molar-refractivity contribution >= 4 is 17.3 Å². The van der Waals surface area contributed by atoms with Crippen LogP contribution in [0.15, 0.2) is 36.4 Å². The Morgan fingerprint density at radius 2 is 1.96 bits per heavy atom. The quantitative estimate of drug-likeness (QED) is 0.900. The summed E-state index contributed by atoms with van der Waals surface area (Å²) in [4.78, 5) is 2.25. The Kier molecular flexibility index (Phi) is 3.77. The molecule has 0 unspecified atom stereocenters. The average Bonchev–Trinajstić information content (AvgIpc) is 2.92. The van der Waals surface area contributed by atoms with Crippen LogP contribution in [0, 0.1) is 5.82 Å². The van der Waals surface area contributed by atoms with Crippen molar-refractivity contribution in [3.63, 3.8) is 0 Å². The van der Waals surface area contributed by atoms with Crippen molar-refractivity contribution in [2.75, 3.05) is 31.1 Å². The molecule has 0 bridgehead atoms. The number of benzene rings is 2. The third-order valence-electron chi connectivity index (χ3n) is 4.44. The molecule has 0 spiro atoms. The minimum atomic E-state index is -1.21. The maximum absolute atomic E-state index is 14.4. The van der Waals surface area contributed by atoms with E-state index >= 15 is 0 Å². The minimum absolute atomic E-state index is 0.328. The zero-order chi connectivity index (χ0) is 16.7. The lowest BCUT2D eigenvalue weighted by Gasteiger charge is -2.30. The van der Waals surface area contributed by atoms with Crippen molar-refractivity contribution in [3.8, 4) is 11.5 Å². The van der Waals surface area contributed by atoms with Gasteiger partial charge in [-0.2, -0.15) is 0 Å². The zero-order valence-corrected chi connectivity index (χ0v) is 14.1. The number of halogens is 2. The molecule has 6 heteroatoms. The molecule has 1 atom stereocenters. The van der Waals surface area contributed by atoms with Crippen LogP contribution in [-0.2, 0) is 5.79 Å². The Labute approximate surface area is 145 Å². The van der Waals surface area contributed by atoms with Gasteiger partial charge in [0.1, 0.15) is 5.82 Å². The molecule has 4 nitrogen and oxygen atoms in total. The second kappa shape index (κ2) is 5.83. The van der Waals surface area contributed by atoms with E-state index in [1.807, 2.05) is 18.2 Å². The molecule has 2 aliphatic rings. The summed E-state index contributed by atoms with van der Waals surface area (Å²) in [5.74, 6) is -0.359. The highest BCUT2D eigenvalue weighted by atomic mass is 35.5. The first-order chi connectivity index (χ1) is 11.6. The first-order valence-corrected chi connectivity index (χ1v) is 8.37. The van der Waals surface area contributed by atoms with Crippen LogP contribution in [0.5, 0.6) is 11.5 Å². The standard InChI is InChI=1S/C18H18ClFN2O2/c1-18(13-6-5-12(19)11-14(13)20)23-16-4-2-3-15(17(16)24-18)22-9-7-21-8-10-22/h2-6,11,21H,7-10H2,1H3/t18-/m1/s1. The average molecular weight is 349 g/mol. The number of hydrogen-bond acceptors (Lipinski definition) is 4. The van der Waals surface area contributed by atoms with Crippen molar-refractivity contribution in [1.29, 1.82) is 0 Å². The number of nitrogens with one attached hydrogen (secondary N) is 1. The number of ether oxygens (including phenoxy) is 2. The van der Waals surface area contributed by atoms with Gasteiger partial charge in [-0.05, 0) is 30.3 Å². The Bertz CT molecular complexity index is 780. The highest BCUT2D eigenvalue weighted by molar-refractivity contribution is 6.30. The number of hydrogen-bond donors (Lipinski definition) is 1. The molecule has 24 heavy (non-hydrogen) atoms. The molecule has 1 N–H and O–H groups in total. The molecule has 0 amide bonds. The van der Waals surface area contributed by atoms with Crippen LogP contribution in [0.1, 0.15) is 12.5 Å². The van der Waals surface area contributed by atoms with Gasteiger partial charge in [0.25, 0.3) is 5.79 Å². The summed E-state index contributed by atoms with van der Waals surface area (Å²) in [6, 6.07) is 10.3. The highest BCUT2D eigenvalue weighted by Gasteiger charge is 2.42. The molecule has 0 saturated carbocycles. The van der Waals surface area contributed by atoms with E-state index in [0.29, 0.717) is 22.1 Å². The van der Waals surface area contributed by atoms with Gasteiger partial charge in [0.15, 0.2) is 11.5 Å². The summed E-state index contributed by atoms with van der Waals surface area (Å²) in [6.45, 7) is 5.36. The Morgan fingerprint density at radius 1 is 1.17 bits per heavy atom. The van der Waals surface area contributed by atoms with Gasteiger partial charge < -0.3 is 19.7 Å². The third kappa shape index (κ3) is 2.58. The van der Waals surface area contributed by atoms with Crippen molar-refractivity contribution in [2.45, 2.75) is 12.7 Å². The summed E-state index contributed by atoms with van der Waals surface area (Å²) < 4.78 is 26.5. The minimum Gasteiger partial charge on any atom is -0.444 e. The molecule has 0 aliphatic carbocycles. The Balaban J connectivity index is 1.70. The molecular formula is C18H18ClFN2O2. The molecule has 126 valence electrons. The number of rotatable bonds is 2. The SMILES string of the molecule is C[C@@]1(c2ccc(Cl)cc2F)Oc2cccc(N3CCNCC3)c2O1. The summed E-state index contributed by atoms with van der Waals surface area (Å²) in [5.41, 5.74) is 1.31. The van der Waals surface area contributed by atoms with Crippen LogP contribution in [0.2, 0.25) is 5.02 Å². The number of piperazine rings is 1. The molecule has 2 aromatic rings. The van der Waals surface area contributed by atoms with Crippen LogP contribution in [-0.4, -0.2) is 26.2 Å². The number of fused-ring (bicyclic) bond motifs is 1. The first kappa shape index (κ1) is 15.5. The monoisotopic (exact) mass is 348 g/mol. The van der Waals surface area contributed by atoms with Crippen LogP contribution >= 0.6 is 11.6 Å². The predicted octanol–water partition coefficient (Wildman–Crippen LogP) is 3.53. The van der Waals surface area contributed by atoms with Crippen molar-refractivity contribution in [1.82, 2.24) is 5.32 Å². The fraction of sp³-hybridized carbons (Fsp3) is 0.333. The molecule has 2 aliphatic heterocycles. The van der Waals surface area contributed by atoms with Crippen molar-refractivity contribution < 1.29 is 13.9 Å². The smallest absolute Gasteiger partial charge is 0.278 e. The molecule has 2 heterocycles. The predicted molar refractivity (Wildman–Crippen MR) is 91.5 cm³/mol. The molecule has 2 aromatic carbocycles. The van der Waals surface area contributed by atoms with Gasteiger partial charge in [0.05, 0.1) is 11.3 Å². The van der Waals surface area contributed by atoms with E-state index in [1.54, 1.807) is 19.1 Å². The second-order valence-electron chi connectivity index (χ2n) is 6.12. The zero-order valence-electron chi connectivity index (χ0n) is 13.3. The van der Waals surface area contributed by atoms with Gasteiger partial charge in [0, 0.05) is 38.1 Å². The van der Waals surface area contributed by atoms with Crippen LogP contribution in [0.25, 0.3) is 0 Å². The molecule has 1 saturated heterocycles. The van der Waals surface area contributed by atoms with Crippen molar-refractivity contribution in [2.24, 2.45) is 0 Å². The van der Waals surface area contributed by atoms with Gasteiger partial charge in [0.2, 0.25) is 0 Å². The molecule has 1 fully saturated rings. The van der Waals surface area contributed by atoms with E-state index in [0.717, 1.165) is 31.9 Å². The van der Waals surface area contributed by atoms with E-state index in [2.05, 4.69) is 10.2 Å². The first-order valence-electron chi connectivity index (χ1n) is 7.99. The van der Waals surface area contributed by atoms with E-state index in [4.69, 9.17) is 21.1 Å². The molecule has 0 aromatic heterocycles. The maximum Gasteiger partial charge on any atom is 0.278 e. The van der Waals surface area contributed by atoms with Crippen LogP contribution < -0.4 is 19.7 Å². The largest absolute Gasteiger partial charge is 0.444 e. The lowest BCUT2D eigenvalue weighted by Crippen LogP contribution is -2.43. The van der Waals surface area contributed by atoms with Crippen LogP contribution in [0.4, 0.5) is 10.1 Å². The Hall–Kier alpha value is -1.98. The van der Waals surface area contributed by atoms with E-state index in [-0.39, 0.29) is 0 Å². The number of nitrogens with zero attached hydrogens (tertiary/aromatic N) is 1. The third-order valence-corrected chi connectivity index (χ3v) is 4.67. The highest BCUT2D eigenvalue weighted by Crippen LogP contribution is 2.49. The number of para-hydroxylation sites is 1. The van der Waals surface area contributed by atoms with Gasteiger partial charge in [-0.15, -0.1) is 0 Å². The van der Waals surface area contributed by atoms with E-state index < -0.39 is 11.6 Å². The molecule has 4 rings (SSSR count).